The molecule has 0 aliphatic heterocycles. The molecule has 0 spiro atoms. The number of carbonyl (C=O) groups excluding carboxylic acids is 2. The molecule has 2 aliphatic rings. The number of ketones is 2. The van der Waals surface area contributed by atoms with E-state index in [1.54, 1.807) is 20.3 Å². The summed E-state index contributed by atoms with van der Waals surface area (Å²) in [6.45, 7) is 0.656. The summed E-state index contributed by atoms with van der Waals surface area (Å²) in [6.07, 6.45) is 7.50. The van der Waals surface area contributed by atoms with Crippen molar-refractivity contribution >= 4 is 11.6 Å². The average Bonchev–Trinajstić information content (AvgIpc) is 2.63. The number of ether oxygens (including phenoxy) is 2. The molecule has 0 radical (unpaired) electrons. The van der Waals surface area contributed by atoms with Gasteiger partial charge in [-0.05, 0) is 67.3 Å². The third kappa shape index (κ3) is 4.17. The minimum Gasteiger partial charge on any atom is -1.00 e. The molecule has 1 aromatic carbocycles. The summed E-state index contributed by atoms with van der Waals surface area (Å²) in [7, 11) is 5.37. The Morgan fingerprint density at radius 2 is 1.73 bits per heavy atom. The molecule has 3 rings (SSSR count). The van der Waals surface area contributed by atoms with Crippen molar-refractivity contribution in [3.05, 3.63) is 47.1 Å². The number of likely N-dealkylation sites (N-methyl/N-ethyl adjacent to an activating group) is 1. The van der Waals surface area contributed by atoms with Crippen molar-refractivity contribution in [1.29, 1.82) is 0 Å². The second kappa shape index (κ2) is 8.52. The summed E-state index contributed by atoms with van der Waals surface area (Å²) >= 11 is 0. The Morgan fingerprint density at radius 1 is 1.08 bits per heavy atom. The molecule has 0 amide bonds. The van der Waals surface area contributed by atoms with Gasteiger partial charge in [0, 0.05) is 12.6 Å². The second-order valence-corrected chi connectivity index (χ2v) is 6.57. The van der Waals surface area contributed by atoms with Gasteiger partial charge in [0.1, 0.15) is 0 Å². The highest BCUT2D eigenvalue weighted by molar-refractivity contribution is 6.46. The van der Waals surface area contributed by atoms with Gasteiger partial charge in [-0.15, -0.1) is 0 Å². The van der Waals surface area contributed by atoms with E-state index in [9.17, 15) is 9.59 Å². The van der Waals surface area contributed by atoms with Gasteiger partial charge in [-0.1, -0.05) is 6.08 Å². The fourth-order valence-electron chi connectivity index (χ4n) is 3.51. The normalized spacial score (nSPS) is 18.9. The van der Waals surface area contributed by atoms with Crippen molar-refractivity contribution in [3.8, 4) is 11.5 Å². The van der Waals surface area contributed by atoms with Crippen LogP contribution >= 0.6 is 0 Å². The smallest absolute Gasteiger partial charge is 1.00 e. The van der Waals surface area contributed by atoms with Crippen LogP contribution in [0.5, 0.6) is 11.5 Å². The summed E-state index contributed by atoms with van der Waals surface area (Å²) in [5.74, 6) is 0.649. The van der Waals surface area contributed by atoms with E-state index in [1.165, 1.54) is 23.3 Å². The van der Waals surface area contributed by atoms with Gasteiger partial charge in [0.05, 0.1) is 14.2 Å². The van der Waals surface area contributed by atoms with Crippen LogP contribution in [0.4, 0.5) is 0 Å². The molecule has 140 valence electrons. The molecule has 0 saturated heterocycles. The molecular weight excluding hydrogens is 354 g/mol. The predicted molar refractivity (Wildman–Crippen MR) is 96.3 cm³/mol. The van der Waals surface area contributed by atoms with Crippen molar-refractivity contribution in [3.63, 3.8) is 0 Å². The zero-order valence-electron chi connectivity index (χ0n) is 16.3. The number of carbonyl (C=O) groups is 2. The van der Waals surface area contributed by atoms with Gasteiger partial charge >= 0.3 is 1.43 Å². The van der Waals surface area contributed by atoms with Crippen LogP contribution < -0.4 is 21.9 Å². The zero-order valence-corrected chi connectivity index (χ0v) is 16.0. The number of hydrogen-bond donors (Lipinski definition) is 0. The number of rotatable bonds is 5. The average molecular weight is 378 g/mol. The van der Waals surface area contributed by atoms with Crippen LogP contribution in [0.1, 0.15) is 19.0 Å². The first-order valence-electron chi connectivity index (χ1n) is 8.42. The lowest BCUT2D eigenvalue weighted by Crippen LogP contribution is -3.00. The maximum atomic E-state index is 11.5. The maximum Gasteiger partial charge on any atom is 1.00 e. The molecule has 2 aliphatic carbocycles. The number of benzene rings is 1. The second-order valence-electron chi connectivity index (χ2n) is 6.57. The highest BCUT2D eigenvalue weighted by atomic mass is 35.5. The Hall–Kier alpha value is -2.11. The van der Waals surface area contributed by atoms with Gasteiger partial charge in [0.15, 0.2) is 11.5 Å². The predicted octanol–water partition coefficient (Wildman–Crippen LogP) is -0.756. The minimum absolute atomic E-state index is 0. The van der Waals surface area contributed by atoms with E-state index in [-0.39, 0.29) is 13.8 Å². The molecule has 0 aromatic heterocycles. The fraction of sp³-hybridized carbons (Fsp3) is 0.400. The highest BCUT2D eigenvalue weighted by Gasteiger charge is 2.25. The van der Waals surface area contributed by atoms with Crippen LogP contribution in [-0.2, 0) is 22.4 Å². The molecule has 1 unspecified atom stereocenters. The van der Waals surface area contributed by atoms with Crippen molar-refractivity contribution in [1.82, 2.24) is 4.90 Å². The van der Waals surface area contributed by atoms with Crippen molar-refractivity contribution in [2.75, 3.05) is 27.8 Å². The molecule has 0 heterocycles. The summed E-state index contributed by atoms with van der Waals surface area (Å²) in [5.41, 5.74) is 3.46. The van der Waals surface area contributed by atoms with E-state index in [0.29, 0.717) is 12.6 Å². The molecule has 6 heteroatoms. The fourth-order valence-corrected chi connectivity index (χ4v) is 3.51. The number of halogens is 1. The Kier molecular flexibility index (Phi) is 6.62. The zero-order chi connectivity index (χ0) is 18.0. The van der Waals surface area contributed by atoms with E-state index < -0.39 is 11.6 Å². The van der Waals surface area contributed by atoms with Crippen molar-refractivity contribution in [2.45, 2.75) is 25.3 Å². The van der Waals surface area contributed by atoms with Gasteiger partial charge in [-0.25, -0.2) is 0 Å². The molecule has 0 N–H and O–H groups in total. The Labute approximate surface area is 161 Å². The summed E-state index contributed by atoms with van der Waals surface area (Å²) in [6, 6.07) is 4.52. The highest BCUT2D eigenvalue weighted by Crippen LogP contribution is 2.35. The Balaban J connectivity index is 0.00000182. The molecule has 0 bridgehead atoms. The molecule has 0 fully saturated rings. The van der Waals surface area contributed by atoms with Crippen LogP contribution in [0.25, 0.3) is 0 Å². The number of aryl methyl sites for hydroxylation is 1. The van der Waals surface area contributed by atoms with Crippen LogP contribution in [0.15, 0.2) is 35.9 Å². The van der Waals surface area contributed by atoms with E-state index in [2.05, 4.69) is 24.1 Å². The van der Waals surface area contributed by atoms with Crippen LogP contribution in [0.3, 0.4) is 0 Å². The number of fused-ring (bicyclic) bond motifs is 1. The lowest BCUT2D eigenvalue weighted by Gasteiger charge is -2.33. The third-order valence-electron chi connectivity index (χ3n) is 4.97. The largest absolute Gasteiger partial charge is 1.00 e. The number of methoxy groups -OCH3 is 2. The minimum atomic E-state index is -0.445. The van der Waals surface area contributed by atoms with Crippen LogP contribution in [-0.4, -0.2) is 50.3 Å². The first kappa shape index (κ1) is 20.2. The first-order chi connectivity index (χ1) is 12.0. The number of hydrogen-bond acceptors (Lipinski definition) is 5. The summed E-state index contributed by atoms with van der Waals surface area (Å²) in [4.78, 5) is 25.0. The van der Waals surface area contributed by atoms with E-state index >= 15 is 0 Å². The number of nitrogens with zero attached hydrogens (tertiary/aromatic N) is 1. The first-order valence-corrected chi connectivity index (χ1v) is 8.42. The monoisotopic (exact) mass is 377 g/mol. The molecule has 1 atom stereocenters. The van der Waals surface area contributed by atoms with Crippen LogP contribution in [0.2, 0.25) is 0 Å². The Bertz CT molecular complexity index is 775. The summed E-state index contributed by atoms with van der Waals surface area (Å²) < 4.78 is 10.8. The lowest BCUT2D eigenvalue weighted by atomic mass is 9.87. The van der Waals surface area contributed by atoms with Gasteiger partial charge in [-0.2, -0.15) is 0 Å². The number of allylic oxidation sites excluding steroid dienone is 2. The van der Waals surface area contributed by atoms with Crippen LogP contribution in [0, 0.1) is 0 Å². The third-order valence-corrected chi connectivity index (χ3v) is 4.97. The topological polar surface area (TPSA) is 55.8 Å². The molecular formula is C20H24ClNO4. The quantitative estimate of drug-likeness (QED) is 0.499. The van der Waals surface area contributed by atoms with E-state index in [4.69, 9.17) is 9.47 Å². The van der Waals surface area contributed by atoms with Crippen molar-refractivity contribution in [2.24, 2.45) is 0 Å². The van der Waals surface area contributed by atoms with E-state index in [1.807, 2.05) is 0 Å². The van der Waals surface area contributed by atoms with Gasteiger partial charge in [0.2, 0.25) is 11.6 Å². The Morgan fingerprint density at radius 3 is 2.35 bits per heavy atom. The van der Waals surface area contributed by atoms with Gasteiger partial charge in [-0.3, -0.25) is 14.5 Å². The lowest BCUT2D eigenvalue weighted by molar-refractivity contribution is -0.131. The van der Waals surface area contributed by atoms with Crippen molar-refractivity contribution < 1.29 is 32.9 Å². The SMILES string of the molecule is COc1cc2c(cc1OC)CC(N(C)CC1=CC(=O)C(=O)C=C1)CC2.[Cl-].[H+]. The van der Waals surface area contributed by atoms with E-state index in [0.717, 1.165) is 36.3 Å². The molecule has 0 saturated carbocycles. The summed E-state index contributed by atoms with van der Waals surface area (Å²) in [5, 5.41) is 0. The standard InChI is InChI=1S/C20H23NO4.ClH/c1-21(12-13-4-7-17(22)18(23)8-13)16-6-5-14-10-19(24-2)20(25-3)11-15(14)9-16;/h4,7-8,10-11,16H,5-6,9,12H2,1-3H3;1H. The molecule has 5 nitrogen and oxygen atoms in total. The maximum absolute atomic E-state index is 11.5. The van der Waals surface area contributed by atoms with Gasteiger partial charge < -0.3 is 21.9 Å². The molecule has 26 heavy (non-hydrogen) atoms. The molecule has 1 aromatic rings. The van der Waals surface area contributed by atoms with Gasteiger partial charge in [0.25, 0.3) is 0 Å².